The lowest BCUT2D eigenvalue weighted by Crippen LogP contribution is -2.20. The molecule has 0 radical (unpaired) electrons. The van der Waals surface area contributed by atoms with Crippen LogP contribution >= 0.6 is 27.2 Å². The van der Waals surface area contributed by atoms with Crippen LogP contribution in [0.1, 0.15) is 25.8 Å². The summed E-state index contributed by atoms with van der Waals surface area (Å²) in [5, 5.41) is 13.4. The van der Waals surface area contributed by atoms with Crippen molar-refractivity contribution < 1.29 is 37.8 Å². The van der Waals surface area contributed by atoms with Gasteiger partial charge in [-0.05, 0) is 29.9 Å². The molecule has 1 fully saturated rings. The first kappa shape index (κ1) is 22.5. The van der Waals surface area contributed by atoms with Crippen LogP contribution in [0.3, 0.4) is 0 Å². The minimum Gasteiger partial charge on any atom is -0.391 e. The van der Waals surface area contributed by atoms with E-state index in [1.54, 1.807) is 18.5 Å². The summed E-state index contributed by atoms with van der Waals surface area (Å²) in [7, 11) is -8.53. The minimum absolute atomic E-state index is 0.00186. The average molecular weight is 472 g/mol. The van der Waals surface area contributed by atoms with Crippen molar-refractivity contribution in [3.8, 4) is 0 Å². The Kier molecular flexibility index (Phi) is 6.10. The Labute approximate surface area is 169 Å². The maximum absolute atomic E-state index is 11.7. The van der Waals surface area contributed by atoms with E-state index >= 15 is 0 Å². The monoisotopic (exact) mass is 471 g/mol. The van der Waals surface area contributed by atoms with Gasteiger partial charge in [-0.2, -0.15) is 14.3 Å². The van der Waals surface area contributed by atoms with Crippen molar-refractivity contribution in [3.05, 3.63) is 11.6 Å². The summed E-state index contributed by atoms with van der Waals surface area (Å²) in [6.07, 6.45) is 1.11. The molecule has 1 aliphatic carbocycles. The second kappa shape index (κ2) is 7.84. The number of aliphatic hydroxyl groups excluding tert-OH is 1. The van der Waals surface area contributed by atoms with Crippen LogP contribution in [-0.4, -0.2) is 59.1 Å². The Morgan fingerprint density at radius 1 is 1.34 bits per heavy atom. The molecule has 2 heterocycles. The molecule has 2 aromatic heterocycles. The summed E-state index contributed by atoms with van der Waals surface area (Å²) in [4.78, 5) is 39.3. The highest BCUT2D eigenvalue weighted by Gasteiger charge is 2.45. The van der Waals surface area contributed by atoms with E-state index in [2.05, 4.69) is 24.6 Å². The molecule has 1 aliphatic rings. The average Bonchev–Trinajstić information content (AvgIpc) is 3.11. The van der Waals surface area contributed by atoms with Crippen LogP contribution in [0.2, 0.25) is 5.28 Å². The molecule has 0 amide bonds. The summed E-state index contributed by atoms with van der Waals surface area (Å²) >= 11 is 5.96. The fraction of sp³-hybridized carbons (Fsp3) is 0.615. The molecule has 0 bridgehead atoms. The second-order valence-electron chi connectivity index (χ2n) is 7.08. The molecule has 4 atom stereocenters. The second-order valence-corrected chi connectivity index (χ2v) is 10.3. The van der Waals surface area contributed by atoms with E-state index in [-0.39, 0.29) is 18.3 Å². The zero-order chi connectivity index (χ0) is 21.6. The molecule has 3 rings (SSSR count). The van der Waals surface area contributed by atoms with E-state index in [9.17, 15) is 19.1 Å². The van der Waals surface area contributed by atoms with Gasteiger partial charge in [-0.3, -0.25) is 4.52 Å². The van der Waals surface area contributed by atoms with Gasteiger partial charge in [0.05, 0.1) is 25.1 Å². The number of aromatic nitrogens is 4. The van der Waals surface area contributed by atoms with Gasteiger partial charge < -0.3 is 29.7 Å². The van der Waals surface area contributed by atoms with Gasteiger partial charge in [-0.15, -0.1) is 0 Å². The molecule has 0 spiro atoms. The topological polar surface area (TPSA) is 189 Å². The lowest BCUT2D eigenvalue weighted by atomic mass is 9.90. The van der Waals surface area contributed by atoms with Crippen LogP contribution in [-0.2, 0) is 18.0 Å². The van der Waals surface area contributed by atoms with Crippen molar-refractivity contribution in [2.75, 3.05) is 19.0 Å². The number of fused-ring (bicyclic) bond motifs is 1. The highest BCUT2D eigenvalue weighted by atomic mass is 35.5. The highest BCUT2D eigenvalue weighted by molar-refractivity contribution is 7.60. The van der Waals surface area contributed by atoms with E-state index in [1.165, 1.54) is 6.33 Å². The number of hydrogen-bond donors (Lipinski definition) is 5. The summed E-state index contributed by atoms with van der Waals surface area (Å²) in [6, 6.07) is -0.495. The highest BCUT2D eigenvalue weighted by Crippen LogP contribution is 2.59. The van der Waals surface area contributed by atoms with Crippen LogP contribution in [0.25, 0.3) is 11.2 Å². The number of rotatable bonds is 7. The quantitative estimate of drug-likeness (QED) is 0.289. The Bertz CT molecular complexity index is 1010. The van der Waals surface area contributed by atoms with E-state index in [0.717, 1.165) is 0 Å². The van der Waals surface area contributed by atoms with Crippen molar-refractivity contribution in [2.24, 2.45) is 5.41 Å². The molecule has 16 heteroatoms. The largest absolute Gasteiger partial charge is 0.481 e. The molecule has 13 nitrogen and oxygen atoms in total. The van der Waals surface area contributed by atoms with E-state index in [4.69, 9.17) is 25.9 Å². The van der Waals surface area contributed by atoms with Gasteiger partial charge in [0.15, 0.2) is 17.0 Å². The number of nitrogens with zero attached hydrogens (tertiary/aromatic N) is 4. The lowest BCUT2D eigenvalue weighted by molar-refractivity contribution is 0.0980. The molecule has 29 heavy (non-hydrogen) atoms. The van der Waals surface area contributed by atoms with Crippen molar-refractivity contribution >= 4 is 44.2 Å². The first-order valence-electron chi connectivity index (χ1n) is 8.33. The molecule has 5 N–H and O–H groups in total. The number of nitrogens with one attached hydrogen (secondary N) is 1. The number of phosphoric acid groups is 2. The maximum Gasteiger partial charge on any atom is 0.481 e. The molecule has 0 aromatic carbocycles. The van der Waals surface area contributed by atoms with Gasteiger partial charge in [0.1, 0.15) is 0 Å². The third-order valence-corrected chi connectivity index (χ3v) is 6.92. The predicted molar refractivity (Wildman–Crippen MR) is 101 cm³/mol. The summed E-state index contributed by atoms with van der Waals surface area (Å²) < 4.78 is 32.7. The normalized spacial score (nSPS) is 27.3. The molecular weight excluding hydrogens is 452 g/mol. The van der Waals surface area contributed by atoms with Crippen molar-refractivity contribution in [1.82, 2.24) is 19.5 Å². The SMILES string of the molecule is CNc1nc(Cl)nc2c1ncn2[C@@H]1C[C@](C)(COP(=O)(O)OP(=O)(O)O)C[C@H]1O. The molecule has 162 valence electrons. The molecular formula is C13H20ClN5O8P2. The zero-order valence-corrected chi connectivity index (χ0v) is 17.9. The Balaban J connectivity index is 1.81. The van der Waals surface area contributed by atoms with Gasteiger partial charge in [-0.25, -0.2) is 14.1 Å². The molecule has 0 saturated heterocycles. The maximum atomic E-state index is 11.7. The smallest absolute Gasteiger partial charge is 0.391 e. The van der Waals surface area contributed by atoms with Gasteiger partial charge in [-0.1, -0.05) is 6.92 Å². The molecule has 2 aromatic rings. The van der Waals surface area contributed by atoms with Crippen molar-refractivity contribution in [2.45, 2.75) is 31.9 Å². The number of anilines is 1. The summed E-state index contributed by atoms with van der Waals surface area (Å²) in [5.41, 5.74) is 0.0741. The number of halogens is 1. The number of hydrogen-bond acceptors (Lipinski definition) is 9. The van der Waals surface area contributed by atoms with Crippen molar-refractivity contribution in [3.63, 3.8) is 0 Å². The van der Waals surface area contributed by atoms with E-state index in [0.29, 0.717) is 23.4 Å². The van der Waals surface area contributed by atoms with Crippen molar-refractivity contribution in [1.29, 1.82) is 0 Å². The van der Waals surface area contributed by atoms with E-state index < -0.39 is 33.2 Å². The number of aliphatic hydroxyl groups is 1. The molecule has 1 unspecified atom stereocenters. The lowest BCUT2D eigenvalue weighted by Gasteiger charge is -2.25. The number of phosphoric ester groups is 1. The number of imidazole rings is 1. The van der Waals surface area contributed by atoms with Crippen LogP contribution in [0, 0.1) is 5.41 Å². The van der Waals surface area contributed by atoms with E-state index in [1.807, 2.05) is 0 Å². The Hall–Kier alpha value is -1.14. The van der Waals surface area contributed by atoms with Crippen LogP contribution in [0.15, 0.2) is 6.33 Å². The fourth-order valence-corrected chi connectivity index (χ4v) is 5.37. The summed E-state index contributed by atoms with van der Waals surface area (Å²) in [5.74, 6) is 0.424. The standard InChI is InChI=1S/C13H20ClN5O8P2/c1-13(5-26-29(24,25)27-28(21,22)23)3-7(8(20)4-13)19-6-16-9-10(15-2)17-12(14)18-11(9)19/h6-8,20H,3-5H2,1-2H3,(H,24,25)(H,15,17,18)(H2,21,22,23)/t7-,8-,13+/m1/s1. The molecule has 1 saturated carbocycles. The first-order chi connectivity index (χ1) is 13.3. The van der Waals surface area contributed by atoms with Gasteiger partial charge in [0.25, 0.3) is 0 Å². The third-order valence-electron chi connectivity index (χ3n) is 4.62. The zero-order valence-electron chi connectivity index (χ0n) is 15.3. The van der Waals surface area contributed by atoms with Gasteiger partial charge in [0.2, 0.25) is 5.28 Å². The first-order valence-corrected chi connectivity index (χ1v) is 11.7. The van der Waals surface area contributed by atoms with Crippen LogP contribution in [0.5, 0.6) is 0 Å². The Morgan fingerprint density at radius 2 is 2.03 bits per heavy atom. The van der Waals surface area contributed by atoms with Gasteiger partial charge in [0, 0.05) is 7.05 Å². The molecule has 0 aliphatic heterocycles. The fourth-order valence-electron chi connectivity index (χ4n) is 3.47. The Morgan fingerprint density at radius 3 is 2.66 bits per heavy atom. The predicted octanol–water partition coefficient (Wildman–Crippen LogP) is 1.45. The third kappa shape index (κ3) is 5.13. The van der Waals surface area contributed by atoms with Crippen LogP contribution < -0.4 is 5.32 Å². The van der Waals surface area contributed by atoms with Gasteiger partial charge >= 0.3 is 15.6 Å². The van der Waals surface area contributed by atoms with Crippen LogP contribution in [0.4, 0.5) is 5.82 Å². The summed E-state index contributed by atoms with van der Waals surface area (Å²) in [6.45, 7) is 1.33. The minimum atomic E-state index is -5.21.